The number of hydrogen-bond donors (Lipinski definition) is 0. The van der Waals surface area contributed by atoms with E-state index >= 15 is 0 Å². The van der Waals surface area contributed by atoms with Gasteiger partial charge in [0.05, 0.1) is 19.8 Å². The Morgan fingerprint density at radius 2 is 0.906 bits per heavy atom. The largest absolute Gasteiger partial charge is 0.493 e. The normalized spacial score (nSPS) is 13.6. The van der Waals surface area contributed by atoms with Crippen LogP contribution >= 0.6 is 0 Å². The smallest absolute Gasteiger partial charge is 0.161 e. The van der Waals surface area contributed by atoms with Crippen LogP contribution in [0.25, 0.3) is 0 Å². The summed E-state index contributed by atoms with van der Waals surface area (Å²) >= 11 is 0. The Balaban J connectivity index is 1.74. The van der Waals surface area contributed by atoms with Crippen LogP contribution < -0.4 is 9.47 Å². The minimum absolute atomic E-state index is 0.427. The van der Waals surface area contributed by atoms with Crippen molar-refractivity contribution in [1.29, 1.82) is 0 Å². The van der Waals surface area contributed by atoms with Crippen molar-refractivity contribution < 1.29 is 9.47 Å². The second kappa shape index (κ2) is 8.52. The summed E-state index contributed by atoms with van der Waals surface area (Å²) in [5, 5.41) is 0. The lowest BCUT2D eigenvalue weighted by molar-refractivity contribution is 0.157. The molecule has 5 rings (SSSR count). The van der Waals surface area contributed by atoms with Crippen LogP contribution in [0.4, 0.5) is 0 Å². The second-order valence-electron chi connectivity index (χ2n) is 8.14. The Hall–Kier alpha value is -3.56. The molecule has 0 atom stereocenters. The number of nitrogens with zero attached hydrogens (tertiary/aromatic N) is 1. The highest BCUT2D eigenvalue weighted by molar-refractivity contribution is 5.53. The van der Waals surface area contributed by atoms with Gasteiger partial charge in [0.25, 0.3) is 0 Å². The third kappa shape index (κ3) is 3.26. The maximum atomic E-state index is 5.59. The van der Waals surface area contributed by atoms with Crippen LogP contribution in [0.2, 0.25) is 0 Å². The van der Waals surface area contributed by atoms with Gasteiger partial charge in [0.15, 0.2) is 11.5 Å². The van der Waals surface area contributed by atoms with Crippen molar-refractivity contribution in [2.75, 3.05) is 14.2 Å². The maximum absolute atomic E-state index is 5.59. The van der Waals surface area contributed by atoms with Gasteiger partial charge < -0.3 is 9.47 Å². The summed E-state index contributed by atoms with van der Waals surface area (Å²) in [6.45, 7) is 1.63. The summed E-state index contributed by atoms with van der Waals surface area (Å²) in [4.78, 5) is 2.57. The molecule has 0 saturated carbocycles. The zero-order valence-electron chi connectivity index (χ0n) is 18.5. The van der Waals surface area contributed by atoms with Gasteiger partial charge in [-0.2, -0.15) is 0 Å². The van der Waals surface area contributed by atoms with E-state index in [2.05, 4.69) is 108 Å². The molecule has 4 aromatic rings. The van der Waals surface area contributed by atoms with E-state index in [0.717, 1.165) is 24.6 Å². The minimum atomic E-state index is -0.427. The molecule has 1 aliphatic rings. The fourth-order valence-corrected chi connectivity index (χ4v) is 5.05. The third-order valence-corrected chi connectivity index (χ3v) is 6.48. The highest BCUT2D eigenvalue weighted by atomic mass is 16.5. The van der Waals surface area contributed by atoms with E-state index in [1.165, 1.54) is 27.8 Å². The van der Waals surface area contributed by atoms with Crippen LogP contribution in [0.5, 0.6) is 11.5 Å². The Bertz CT molecular complexity index is 1060. The van der Waals surface area contributed by atoms with Crippen molar-refractivity contribution >= 4 is 0 Å². The second-order valence-corrected chi connectivity index (χ2v) is 8.14. The Morgan fingerprint density at radius 1 is 0.562 bits per heavy atom. The number of ether oxygens (including phenoxy) is 2. The maximum Gasteiger partial charge on any atom is 0.161 e. The van der Waals surface area contributed by atoms with Gasteiger partial charge in [0.2, 0.25) is 0 Å². The van der Waals surface area contributed by atoms with Crippen molar-refractivity contribution in [2.45, 2.75) is 18.6 Å². The molecule has 0 amide bonds. The highest BCUT2D eigenvalue weighted by Gasteiger charge is 2.44. The molecule has 3 heteroatoms. The first-order valence-electron chi connectivity index (χ1n) is 10.9. The Labute approximate surface area is 189 Å². The van der Waals surface area contributed by atoms with Crippen LogP contribution in [0.1, 0.15) is 27.8 Å². The van der Waals surface area contributed by atoms with Crippen LogP contribution in [0.3, 0.4) is 0 Å². The van der Waals surface area contributed by atoms with Crippen molar-refractivity contribution in [3.05, 3.63) is 131 Å². The average molecular weight is 422 g/mol. The van der Waals surface area contributed by atoms with E-state index in [-0.39, 0.29) is 0 Å². The molecule has 0 aliphatic carbocycles. The topological polar surface area (TPSA) is 21.7 Å². The SMILES string of the molecule is COc1cc2c(cc1OC)CN(C(c1ccccc1)(c1ccccc1)c1ccccc1)C2. The monoisotopic (exact) mass is 421 g/mol. The summed E-state index contributed by atoms with van der Waals surface area (Å²) in [5.74, 6) is 1.55. The van der Waals surface area contributed by atoms with Crippen molar-refractivity contribution in [1.82, 2.24) is 4.90 Å². The zero-order chi connectivity index (χ0) is 22.0. The van der Waals surface area contributed by atoms with Gasteiger partial charge in [-0.15, -0.1) is 0 Å². The molecule has 0 N–H and O–H groups in total. The van der Waals surface area contributed by atoms with Gasteiger partial charge >= 0.3 is 0 Å². The summed E-state index contributed by atoms with van der Waals surface area (Å²) in [6.07, 6.45) is 0. The van der Waals surface area contributed by atoms with Crippen LogP contribution in [0.15, 0.2) is 103 Å². The standard InChI is InChI=1S/C29H27NO2/c1-31-27-18-22-20-30(21-23(22)19-28(27)32-2)29(24-12-6-3-7-13-24,25-14-8-4-9-15-25)26-16-10-5-11-17-26/h3-19H,20-21H2,1-2H3. The third-order valence-electron chi connectivity index (χ3n) is 6.48. The van der Waals surface area contributed by atoms with Gasteiger partial charge in [-0.3, -0.25) is 4.90 Å². The van der Waals surface area contributed by atoms with Crippen molar-refractivity contribution in [2.24, 2.45) is 0 Å². The molecular weight excluding hydrogens is 394 g/mol. The van der Waals surface area contributed by atoms with E-state index in [4.69, 9.17) is 9.47 Å². The fourth-order valence-electron chi connectivity index (χ4n) is 5.05. The number of benzene rings is 4. The lowest BCUT2D eigenvalue weighted by Gasteiger charge is -2.43. The molecule has 4 aromatic carbocycles. The molecule has 0 saturated heterocycles. The predicted octanol–water partition coefficient (Wildman–Crippen LogP) is 6.01. The number of hydrogen-bond acceptors (Lipinski definition) is 3. The van der Waals surface area contributed by atoms with Crippen LogP contribution in [-0.4, -0.2) is 19.1 Å². The molecule has 3 nitrogen and oxygen atoms in total. The Morgan fingerprint density at radius 3 is 1.22 bits per heavy atom. The molecule has 0 unspecified atom stereocenters. The average Bonchev–Trinajstić information content (AvgIpc) is 3.28. The summed E-state index contributed by atoms with van der Waals surface area (Å²) in [6, 6.07) is 36.7. The lowest BCUT2D eigenvalue weighted by atomic mass is 9.75. The Kier molecular flexibility index (Phi) is 5.42. The predicted molar refractivity (Wildman–Crippen MR) is 128 cm³/mol. The number of fused-ring (bicyclic) bond motifs is 1. The molecular formula is C29H27NO2. The van der Waals surface area contributed by atoms with Gasteiger partial charge in [-0.1, -0.05) is 91.0 Å². The molecule has 0 bridgehead atoms. The van der Waals surface area contributed by atoms with Crippen LogP contribution in [-0.2, 0) is 18.6 Å². The quantitative estimate of drug-likeness (QED) is 0.356. The van der Waals surface area contributed by atoms with Gasteiger partial charge in [-0.05, 0) is 39.9 Å². The number of rotatable bonds is 6. The fraction of sp³-hybridized carbons (Fsp3) is 0.172. The summed E-state index contributed by atoms with van der Waals surface area (Å²) in [5.41, 5.74) is 5.88. The van der Waals surface area contributed by atoms with Crippen molar-refractivity contribution in [3.8, 4) is 11.5 Å². The van der Waals surface area contributed by atoms with E-state index in [0.29, 0.717) is 0 Å². The van der Waals surface area contributed by atoms with E-state index < -0.39 is 5.54 Å². The number of methoxy groups -OCH3 is 2. The van der Waals surface area contributed by atoms with Gasteiger partial charge in [0.1, 0.15) is 0 Å². The molecule has 0 spiro atoms. The van der Waals surface area contributed by atoms with E-state index in [1.54, 1.807) is 14.2 Å². The molecule has 1 aliphatic heterocycles. The molecule has 0 aromatic heterocycles. The van der Waals surface area contributed by atoms with Crippen LogP contribution in [0, 0.1) is 0 Å². The lowest BCUT2D eigenvalue weighted by Crippen LogP contribution is -2.45. The molecule has 0 fully saturated rings. The van der Waals surface area contributed by atoms with E-state index in [1.807, 2.05) is 0 Å². The van der Waals surface area contributed by atoms with Gasteiger partial charge in [-0.25, -0.2) is 0 Å². The van der Waals surface area contributed by atoms with Gasteiger partial charge in [0, 0.05) is 13.1 Å². The first kappa shape index (κ1) is 20.3. The minimum Gasteiger partial charge on any atom is -0.493 e. The van der Waals surface area contributed by atoms with E-state index in [9.17, 15) is 0 Å². The molecule has 160 valence electrons. The van der Waals surface area contributed by atoms with Crippen molar-refractivity contribution in [3.63, 3.8) is 0 Å². The highest BCUT2D eigenvalue weighted by Crippen LogP contribution is 2.47. The molecule has 0 radical (unpaired) electrons. The zero-order valence-corrected chi connectivity index (χ0v) is 18.5. The summed E-state index contributed by atoms with van der Waals surface area (Å²) in [7, 11) is 3.39. The first-order chi connectivity index (χ1) is 15.8. The first-order valence-corrected chi connectivity index (χ1v) is 10.9. The molecule has 32 heavy (non-hydrogen) atoms. The summed E-state index contributed by atoms with van der Waals surface area (Å²) < 4.78 is 11.2. The molecule has 1 heterocycles.